The molecule has 0 fully saturated rings. The van der Waals surface area contributed by atoms with E-state index in [1.54, 1.807) is 121 Å². The first-order chi connectivity index (χ1) is 39.3. The fourth-order valence-corrected chi connectivity index (χ4v) is 7.04. The van der Waals surface area contributed by atoms with Crippen LogP contribution in [0.25, 0.3) is 11.0 Å². The van der Waals surface area contributed by atoms with Crippen molar-refractivity contribution in [3.63, 3.8) is 0 Å². The minimum atomic E-state index is -0.828. The molecule has 13 heteroatoms. The second-order valence-electron chi connectivity index (χ2n) is 16.2. The van der Waals surface area contributed by atoms with Gasteiger partial charge in [0, 0.05) is 18.9 Å². The number of carbonyl (C=O) groups is 6. The molecule has 0 aliphatic heterocycles. The molecule has 0 amide bonds. The van der Waals surface area contributed by atoms with Crippen LogP contribution in [0.5, 0.6) is 0 Å². The standard InChI is InChI=1S/C18H18O4.C18H18O3.C16H14O3.C8H9N3.3C2H6/c1-2-16(17(19)20)14-10-8-13(9-11-14)12-22-18(21)15-6-4-3-5-7-15;1-2-15(12-19)16-10-8-14(9-11-16)13-21-18(20)17-6-4-3-5-7-17;17-11-10-13-6-8-14(9-7-13)12-19-16(18)15-4-2-1-3-5-15;1-2-11-8-6-4-3-5-7(8)9-10-11;3*1-2/h3-11,16H,2,12H2,1H3,(H,19,20);3-12,15H,2,13H2,1H3;1-9,11H,10,12H2;3-6H,2H2,1H3;3*1-2H3/t16-;15-;;;;;/m01...../s1/i;12T;11T;;;;. The van der Waals surface area contributed by atoms with E-state index in [4.69, 9.17) is 22.1 Å². The van der Waals surface area contributed by atoms with Gasteiger partial charge >= 0.3 is 23.9 Å². The molecule has 0 aliphatic rings. The summed E-state index contributed by atoms with van der Waals surface area (Å²) in [5.74, 6) is -2.82. The maximum Gasteiger partial charge on any atom is 0.338 e. The molecule has 0 saturated heterocycles. The molecule has 0 saturated carbocycles. The van der Waals surface area contributed by atoms with Gasteiger partial charge in [0.2, 0.25) is 0 Å². The number of hydrogen-bond donors (Lipinski definition) is 1. The highest BCUT2D eigenvalue weighted by atomic mass is 16.5. The summed E-state index contributed by atoms with van der Waals surface area (Å²) < 4.78 is 31.7. The van der Waals surface area contributed by atoms with Crippen molar-refractivity contribution in [1.82, 2.24) is 15.0 Å². The van der Waals surface area contributed by atoms with E-state index < -0.39 is 24.4 Å². The summed E-state index contributed by atoms with van der Waals surface area (Å²) in [4.78, 5) is 68.4. The van der Waals surface area contributed by atoms with Gasteiger partial charge in [-0.15, -0.1) is 5.10 Å². The van der Waals surface area contributed by atoms with E-state index in [-0.39, 0.29) is 50.1 Å². The molecule has 0 radical (unpaired) electrons. The van der Waals surface area contributed by atoms with Crippen molar-refractivity contribution in [1.29, 1.82) is 0 Å². The van der Waals surface area contributed by atoms with Crippen molar-refractivity contribution in [2.24, 2.45) is 0 Å². The van der Waals surface area contributed by atoms with Crippen LogP contribution in [0.4, 0.5) is 0 Å². The van der Waals surface area contributed by atoms with Gasteiger partial charge < -0.3 is 28.9 Å². The lowest BCUT2D eigenvalue weighted by molar-refractivity contribution is -0.138. The zero-order valence-corrected chi connectivity index (χ0v) is 47.0. The number of aldehydes is 2. The molecule has 1 N–H and O–H groups in total. The molecule has 416 valence electrons. The second-order valence-corrected chi connectivity index (χ2v) is 16.2. The summed E-state index contributed by atoms with van der Waals surface area (Å²) in [7, 11) is 0. The Morgan fingerprint density at radius 3 is 1.23 bits per heavy atom. The molecule has 0 unspecified atom stereocenters. The van der Waals surface area contributed by atoms with E-state index in [1.807, 2.05) is 127 Å². The zero-order valence-electron chi connectivity index (χ0n) is 49.0. The molecule has 7 aromatic carbocycles. The Hall–Kier alpha value is -8.84. The number of carboxylic acid groups (broad SMARTS) is 1. The highest BCUT2D eigenvalue weighted by Crippen LogP contribution is 2.21. The Kier molecular flexibility index (Phi) is 31.4. The third kappa shape index (κ3) is 23.5. The predicted octanol–water partition coefficient (Wildman–Crippen LogP) is 14.7. The number of benzene rings is 7. The van der Waals surface area contributed by atoms with Crippen LogP contribution in [-0.2, 0) is 61.4 Å². The molecule has 0 bridgehead atoms. The Bertz CT molecular complexity index is 2950. The molecular weight excluding hydrogens is 995 g/mol. The van der Waals surface area contributed by atoms with Gasteiger partial charge in [-0.3, -0.25) is 4.79 Å². The number of nitrogens with zero attached hydrogens (tertiary/aromatic N) is 3. The molecular formula is C66H77N3O10. The van der Waals surface area contributed by atoms with Crippen LogP contribution in [0.3, 0.4) is 0 Å². The Balaban J connectivity index is 0.000000364. The summed E-state index contributed by atoms with van der Waals surface area (Å²) in [5, 5.41) is 17.1. The average molecular weight is 1080 g/mol. The molecule has 1 heterocycles. The number of aryl methyl sites for hydroxylation is 1. The van der Waals surface area contributed by atoms with Gasteiger partial charge in [-0.2, -0.15) is 0 Å². The number of hydrogen-bond acceptors (Lipinski definition) is 11. The average Bonchev–Trinajstić information content (AvgIpc) is 3.97. The molecule has 2 atom stereocenters. The summed E-state index contributed by atoms with van der Waals surface area (Å²) in [6.45, 7) is 19.2. The first-order valence-corrected chi connectivity index (χ1v) is 26.7. The number of rotatable bonds is 18. The summed E-state index contributed by atoms with van der Waals surface area (Å²) in [6.07, 6.45) is 0.0471. The molecule has 1 aromatic heterocycles. The van der Waals surface area contributed by atoms with Gasteiger partial charge in [0.25, 0.3) is 0 Å². The molecule has 8 aromatic rings. The van der Waals surface area contributed by atoms with Crippen molar-refractivity contribution in [3.8, 4) is 0 Å². The van der Waals surface area contributed by atoms with Gasteiger partial charge in [-0.1, -0.05) is 200 Å². The lowest BCUT2D eigenvalue weighted by atomic mass is 9.96. The Morgan fingerprint density at radius 1 is 0.506 bits per heavy atom. The lowest BCUT2D eigenvalue weighted by Crippen LogP contribution is -2.10. The van der Waals surface area contributed by atoms with E-state index in [0.717, 1.165) is 51.0 Å². The second kappa shape index (κ2) is 39.5. The summed E-state index contributed by atoms with van der Waals surface area (Å²) in [5.41, 5.74) is 8.50. The van der Waals surface area contributed by atoms with E-state index in [2.05, 4.69) is 17.2 Å². The maximum atomic E-state index is 11.8. The van der Waals surface area contributed by atoms with E-state index >= 15 is 0 Å². The number of esters is 3. The Labute approximate surface area is 469 Å². The zero-order chi connectivity index (χ0) is 60.0. The third-order valence-electron chi connectivity index (χ3n) is 11.2. The summed E-state index contributed by atoms with van der Waals surface area (Å²) in [6, 6.07) is 55.9. The van der Waals surface area contributed by atoms with Crippen molar-refractivity contribution in [3.05, 3.63) is 238 Å². The van der Waals surface area contributed by atoms with Crippen molar-refractivity contribution in [2.75, 3.05) is 0 Å². The van der Waals surface area contributed by atoms with E-state index in [1.165, 1.54) is 0 Å². The molecule has 13 nitrogen and oxygen atoms in total. The van der Waals surface area contributed by atoms with Crippen LogP contribution < -0.4 is 0 Å². The van der Waals surface area contributed by atoms with Gasteiger partial charge in [0.1, 0.15) is 40.6 Å². The van der Waals surface area contributed by atoms with Gasteiger partial charge in [-0.25, -0.2) is 19.1 Å². The molecule has 0 aliphatic carbocycles. The van der Waals surface area contributed by atoms with E-state index in [0.29, 0.717) is 29.5 Å². The van der Waals surface area contributed by atoms with Gasteiger partial charge in [0.15, 0.2) is 0 Å². The monoisotopic (exact) mass is 1080 g/mol. The number of aliphatic carboxylic acids is 1. The minimum absolute atomic E-state index is 0.101. The van der Waals surface area contributed by atoms with Crippen LogP contribution in [0, 0.1) is 0 Å². The first kappa shape index (κ1) is 62.7. The Morgan fingerprint density at radius 2 is 0.873 bits per heavy atom. The lowest BCUT2D eigenvalue weighted by Gasteiger charge is -2.11. The third-order valence-corrected chi connectivity index (χ3v) is 11.2. The fraction of sp³-hybridized carbons (Fsp3) is 0.273. The van der Waals surface area contributed by atoms with Crippen LogP contribution in [0.1, 0.15) is 154 Å². The minimum Gasteiger partial charge on any atom is -0.481 e. The van der Waals surface area contributed by atoms with Crippen molar-refractivity contribution in [2.45, 2.75) is 120 Å². The maximum absolute atomic E-state index is 11.8. The van der Waals surface area contributed by atoms with Crippen LogP contribution in [0.15, 0.2) is 188 Å². The van der Waals surface area contributed by atoms with Gasteiger partial charge in [0.05, 0.1) is 28.1 Å². The highest BCUT2D eigenvalue weighted by Gasteiger charge is 2.17. The number of aromatic nitrogens is 3. The highest BCUT2D eigenvalue weighted by molar-refractivity contribution is 5.90. The van der Waals surface area contributed by atoms with Crippen molar-refractivity contribution < 1.29 is 50.8 Å². The SMILES string of the molecule is CC.CC.CC.CC[C@H](C(=O)O)c1ccc(COC(=O)c2ccccc2)cc1.CCn1nnc2ccccc21.[3H]C(=O)Cc1ccc(COC(=O)c2ccccc2)cc1.[3H]C(=O)[C@@H](CC)c1ccc(COC(=O)c2ccccc2)cc1. The van der Waals surface area contributed by atoms with E-state index in [9.17, 15) is 28.8 Å². The number of para-hydroxylation sites is 1. The fourth-order valence-electron chi connectivity index (χ4n) is 7.04. The smallest absolute Gasteiger partial charge is 0.338 e. The summed E-state index contributed by atoms with van der Waals surface area (Å²) >= 11 is 0. The number of carbonyl (C=O) groups excluding carboxylic acids is 5. The number of ether oxygens (including phenoxy) is 3. The van der Waals surface area contributed by atoms with Gasteiger partial charge in [-0.05, 0) is 102 Å². The molecule has 79 heavy (non-hydrogen) atoms. The van der Waals surface area contributed by atoms with Crippen LogP contribution in [-0.4, -0.2) is 56.5 Å². The van der Waals surface area contributed by atoms with Crippen molar-refractivity contribution >= 4 is 47.4 Å². The molecule has 8 rings (SSSR count). The predicted molar refractivity (Wildman–Crippen MR) is 313 cm³/mol. The number of carboxylic acids is 1. The molecule has 0 spiro atoms. The largest absolute Gasteiger partial charge is 0.481 e. The first-order valence-electron chi connectivity index (χ1n) is 27.7. The van der Waals surface area contributed by atoms with Crippen LogP contribution >= 0.6 is 0 Å². The quantitative estimate of drug-likeness (QED) is 0.0488. The van der Waals surface area contributed by atoms with Crippen LogP contribution in [0.2, 0.25) is 0 Å². The topological polar surface area (TPSA) is 181 Å². The normalized spacial score (nSPS) is 10.8. The number of fused-ring (bicyclic) bond motifs is 1.